The van der Waals surface area contributed by atoms with Gasteiger partial charge in [0, 0.05) is 28.4 Å². The fourth-order valence-electron chi connectivity index (χ4n) is 12.9. The number of hydrogen-bond donors (Lipinski definition) is 5. The van der Waals surface area contributed by atoms with Crippen LogP contribution in [0, 0.1) is 113 Å². The number of Topliss-reactive ketones (excluding diaryl/α,β-unsaturated/α-hetero) is 1. The first-order valence-electron chi connectivity index (χ1n) is 45.1. The number of aromatic hydroxyl groups is 3. The first kappa shape index (κ1) is 143. The van der Waals surface area contributed by atoms with Crippen molar-refractivity contribution in [2.75, 3.05) is 52.7 Å². The van der Waals surface area contributed by atoms with Gasteiger partial charge in [0.25, 0.3) is 0 Å². The van der Waals surface area contributed by atoms with Crippen molar-refractivity contribution in [2.24, 2.45) is 35.0 Å². The number of aliphatic carboxylic acids is 1. The number of rotatable bonds is 33. The Morgan fingerprint density at radius 1 is 0.473 bits per heavy atom. The Bertz CT molecular complexity index is 5080. The van der Waals surface area contributed by atoms with Crippen LogP contribution in [-0.4, -0.2) is 161 Å². The molecule has 2 saturated heterocycles. The second-order valence-corrected chi connectivity index (χ2v) is 33.5. The molecule has 146 heavy (non-hydrogen) atoms. The summed E-state index contributed by atoms with van der Waals surface area (Å²) in [6.45, 7) is 34.6. The van der Waals surface area contributed by atoms with Crippen LogP contribution in [0.2, 0.25) is 0 Å². The third kappa shape index (κ3) is 52.7. The largest absolute Gasteiger partial charge is 1.00 e. The molecule has 7 atom stereocenters. The Morgan fingerprint density at radius 2 is 0.740 bits per heavy atom. The molecule has 0 aliphatic carbocycles. The maximum Gasteiger partial charge on any atom is 1.00 e. The van der Waals surface area contributed by atoms with Gasteiger partial charge in [-0.1, -0.05) is 224 Å². The Morgan fingerprint density at radius 3 is 0.993 bits per heavy atom. The van der Waals surface area contributed by atoms with Crippen LogP contribution in [-0.2, 0) is 130 Å². The monoisotopic (exact) mass is 2120 g/mol. The second-order valence-electron chi connectivity index (χ2n) is 33.5. The van der Waals surface area contributed by atoms with E-state index in [0.29, 0.717) is 49.4 Å². The number of ether oxygens (including phenoxy) is 5. The van der Waals surface area contributed by atoms with E-state index in [-0.39, 0.29) is 245 Å². The van der Waals surface area contributed by atoms with Gasteiger partial charge in [0.2, 0.25) is 11.8 Å². The Kier molecular flexibility index (Phi) is 74.5. The van der Waals surface area contributed by atoms with Gasteiger partial charge in [0.1, 0.15) is 48.9 Å². The zero-order chi connectivity index (χ0) is 105. The van der Waals surface area contributed by atoms with Crippen LogP contribution >= 0.6 is 0 Å². The molecule has 3 unspecified atom stereocenters. The normalized spacial score (nSPS) is 13.2. The summed E-state index contributed by atoms with van der Waals surface area (Å²) >= 11 is 0. The minimum atomic E-state index is -1.09. The minimum absolute atomic E-state index is 0. The summed E-state index contributed by atoms with van der Waals surface area (Å²) in [6.07, 6.45) is 2.82. The number of cyclic esters (lactones) is 2. The van der Waals surface area contributed by atoms with Crippen molar-refractivity contribution in [1.29, 1.82) is 0 Å². The number of esters is 2. The van der Waals surface area contributed by atoms with Gasteiger partial charge in [-0.15, -0.1) is 0 Å². The smallest absolute Gasteiger partial charge is 1.00 e. The van der Waals surface area contributed by atoms with Crippen molar-refractivity contribution >= 4 is 60.6 Å². The third-order valence-electron chi connectivity index (χ3n) is 21.3. The quantitative estimate of drug-likeness (QED) is 0.00294. The molecule has 0 saturated carbocycles. The molecule has 2 aliphatic rings. The number of phenolic OH excluding ortho intramolecular Hbond substituents is 3. The van der Waals surface area contributed by atoms with Gasteiger partial charge in [-0.2, -0.15) is 11.3 Å². The Hall–Kier alpha value is -9.38. The molecular formula is C107H132ClF10K2LiN4O21. The van der Waals surface area contributed by atoms with Crippen LogP contribution in [0.15, 0.2) is 182 Å². The average molecular weight is 2120 g/mol. The van der Waals surface area contributed by atoms with Crippen molar-refractivity contribution in [3.63, 3.8) is 0 Å². The van der Waals surface area contributed by atoms with E-state index in [1.807, 2.05) is 149 Å². The summed E-state index contributed by atoms with van der Waals surface area (Å²) in [6, 6.07) is 48.2. The van der Waals surface area contributed by atoms with E-state index in [1.165, 1.54) is 76.7 Å². The van der Waals surface area contributed by atoms with E-state index < -0.39 is 153 Å². The number of benzene rings is 9. The van der Waals surface area contributed by atoms with Crippen LogP contribution in [0.1, 0.15) is 166 Å². The summed E-state index contributed by atoms with van der Waals surface area (Å²) in [5.74, 6) is -17.3. The van der Waals surface area contributed by atoms with Crippen LogP contribution in [0.5, 0.6) is 17.2 Å². The van der Waals surface area contributed by atoms with E-state index in [2.05, 4.69) is 40.2 Å². The summed E-state index contributed by atoms with van der Waals surface area (Å²) in [5, 5.41) is 35.9. The summed E-state index contributed by atoms with van der Waals surface area (Å²) in [4.78, 5) is 126. The Balaban J connectivity index is -0.000000797. The van der Waals surface area contributed by atoms with Gasteiger partial charge in [0.15, 0.2) is 52.2 Å². The number of carboxylic acid groups (broad SMARTS) is 1. The summed E-state index contributed by atoms with van der Waals surface area (Å²) < 4.78 is 157. The molecule has 786 valence electrons. The molecule has 2 heterocycles. The van der Waals surface area contributed by atoms with Crippen LogP contribution in [0.25, 0.3) is 0 Å². The second kappa shape index (κ2) is 76.2. The van der Waals surface area contributed by atoms with Gasteiger partial charge in [-0.05, 0) is 204 Å². The van der Waals surface area contributed by atoms with Crippen LogP contribution in [0.4, 0.5) is 53.5 Å². The fraction of sp³-hybridized carbons (Fsp3) is 0.393. The van der Waals surface area contributed by atoms with E-state index in [0.717, 1.165) is 69.3 Å². The van der Waals surface area contributed by atoms with Gasteiger partial charge in [0.05, 0.1) is 43.1 Å². The van der Waals surface area contributed by atoms with Crippen molar-refractivity contribution in [2.45, 2.75) is 188 Å². The first-order chi connectivity index (χ1) is 66.2. The third-order valence-corrected chi connectivity index (χ3v) is 21.3. The molecule has 25 nitrogen and oxygen atoms in total. The zero-order valence-corrected chi connectivity index (χ0v) is 92.5. The van der Waals surface area contributed by atoms with Gasteiger partial charge in [-0.3, -0.25) is 40.0 Å². The molecule has 9 aromatic rings. The fourth-order valence-corrected chi connectivity index (χ4v) is 12.9. The van der Waals surface area contributed by atoms with Gasteiger partial charge in [-0.25, -0.2) is 63.3 Å². The first-order valence-corrected chi connectivity index (χ1v) is 45.1. The number of nitrogens with zero attached hydrogens (tertiary/aromatic N) is 3. The molecule has 0 bridgehead atoms. The van der Waals surface area contributed by atoms with Crippen molar-refractivity contribution < 1.29 is 280 Å². The number of halogens is 11. The Labute approximate surface area is 952 Å². The van der Waals surface area contributed by atoms with E-state index >= 15 is 0 Å². The topological polar surface area (TPSA) is 361 Å². The zero-order valence-electron chi connectivity index (χ0n) is 85.5. The number of carboxylic acids is 1. The SMILES string of the molecule is C.CC(=O)C(C)(C)C.CCN(CC)CC.CCOC(=O)C(C)Cc1cc(F)c(C)c(F)c1.CCOC(=O)C(C)Cc1cc(F)c(O)c(F)c1.C[C@@H](Cc1cc(F)c(O)c(F)c1)C(=O)N1C(=O)OC[C@H]1Cc1ccccc1.C[C@H](Cc1cc(F)c(O)c(F)c1)C(=O)N1C(=O)OC[C@H]1Cc1ccccc1.Cc1c(F)cc(CC(C)C(=O)O)cc1F.N.O=COOCc1ccccc1.O=[C-]OC[CH-]Cc1ccccc1.[Cl-].[K+].[K+].[Li+]. The van der Waals surface area contributed by atoms with Gasteiger partial charge < -0.3 is 77.3 Å². The van der Waals surface area contributed by atoms with Crippen molar-refractivity contribution in [3.05, 3.63) is 308 Å². The summed E-state index contributed by atoms with van der Waals surface area (Å²) in [7, 11) is 0. The molecular weight excluding hydrogens is 1990 g/mol. The number of imide groups is 2. The predicted octanol–water partition coefficient (Wildman–Crippen LogP) is 9.43. The maximum absolute atomic E-state index is 13.5. The molecule has 4 amide bonds. The van der Waals surface area contributed by atoms with Gasteiger partial charge >= 0.3 is 158 Å². The minimum Gasteiger partial charge on any atom is -1.00 e. The van der Waals surface area contributed by atoms with Crippen molar-refractivity contribution in [3.8, 4) is 17.2 Å². The number of carbonyl (C=O) groups excluding carboxylic acids is 9. The molecule has 7 N–H and O–H groups in total. The average Bonchev–Trinajstić information content (AvgIpc) is 1.68. The number of amides is 4. The predicted molar refractivity (Wildman–Crippen MR) is 516 cm³/mol. The number of ketones is 1. The standard InChI is InChI=1S/2C20H19F2NO4.C13H16F2O2.C12H14F2O3.C11H12F2O2.C10H10O2.C8H8O3.C6H15N.C6H12O.CH4.ClH.2K.Li.H3N/c2*1-12(7-14-9-16(21)18(24)17(22)10-14)19(25)23-15(11-27-20(23)26)8-13-5-3-2-4-6-13;1-4-17-13(16)8(2)5-10-6-11(14)9(3)12(15)7-10;1-3-17-12(16)7(2)4-8-5-9(13)11(15)10(14)6-8;1-6(11(14)15)3-8-4-9(12)7(2)10(13)5-8;11-9-12-8-4-7-10-5-2-1-3-6-10;9-7-11-10-6-8-4-2-1-3-5-8;1-4-7(5-2)6-3;1-5(7)6(2,3)4;;;;;;/h2*2-6,9-10,12,15,24H,7-8,11H2,1H3;6-8H,4-5H2,1-3H3;5-7,15H,3-4H2,1-2H3;4-6H,3H2,1-2H3,(H,14,15);1-6H,7-8H2;1-5,7H,6H2;4-6H2,1-3H3;1-4H3;1H4;1H;;;;1H3/q;;;;;-2;;;;;;3*+1;/p-1/t12-,15+;12-,15-;;;;;;;;;;;;;/m01............./s1. The molecule has 0 radical (unpaired) electrons. The van der Waals surface area contributed by atoms with E-state index in [4.69, 9.17) is 39.4 Å². The van der Waals surface area contributed by atoms with Crippen LogP contribution < -0.4 is 140 Å². The molecule has 0 aromatic heterocycles. The van der Waals surface area contributed by atoms with Crippen LogP contribution in [0.3, 0.4) is 0 Å². The molecule has 2 aliphatic heterocycles. The number of hydrogen-bond acceptors (Lipinski definition) is 22. The summed E-state index contributed by atoms with van der Waals surface area (Å²) in [5.41, 5.74) is 5.50. The molecule has 2 fully saturated rings. The van der Waals surface area contributed by atoms with E-state index in [9.17, 15) is 91.8 Å². The molecule has 9 aromatic carbocycles. The van der Waals surface area contributed by atoms with Crippen molar-refractivity contribution in [1.82, 2.24) is 20.9 Å². The number of carbonyl (C=O) groups is 9. The maximum atomic E-state index is 13.5. The van der Waals surface area contributed by atoms with E-state index in [1.54, 1.807) is 48.5 Å². The molecule has 11 rings (SSSR count). The number of phenols is 3. The molecule has 39 heteroatoms. The molecule has 0 spiro atoms.